The molecule has 0 bridgehead atoms. The van der Waals surface area contributed by atoms with Crippen molar-refractivity contribution in [2.24, 2.45) is 0 Å². The van der Waals surface area contributed by atoms with E-state index in [4.69, 9.17) is 27.9 Å². The molecule has 1 saturated heterocycles. The topological polar surface area (TPSA) is 58.6 Å². The highest BCUT2D eigenvalue weighted by molar-refractivity contribution is 6.35. The van der Waals surface area contributed by atoms with E-state index in [1.165, 1.54) is 6.08 Å². The van der Waals surface area contributed by atoms with Crippen LogP contribution in [0, 0.1) is 0 Å². The Labute approximate surface area is 127 Å². The van der Waals surface area contributed by atoms with Crippen LogP contribution in [0.15, 0.2) is 24.3 Å². The van der Waals surface area contributed by atoms with Gasteiger partial charge in [0.05, 0.1) is 6.61 Å². The van der Waals surface area contributed by atoms with Crippen molar-refractivity contribution in [3.8, 4) is 0 Å². The van der Waals surface area contributed by atoms with Crippen molar-refractivity contribution in [1.82, 2.24) is 5.32 Å². The molecule has 1 atom stereocenters. The van der Waals surface area contributed by atoms with E-state index < -0.39 is 5.60 Å². The van der Waals surface area contributed by atoms with Gasteiger partial charge in [0.1, 0.15) is 5.60 Å². The molecule has 1 aromatic rings. The zero-order valence-corrected chi connectivity index (χ0v) is 12.2. The van der Waals surface area contributed by atoms with Gasteiger partial charge in [-0.25, -0.2) is 0 Å². The molecule has 1 aliphatic rings. The van der Waals surface area contributed by atoms with Crippen LogP contribution in [0.4, 0.5) is 0 Å². The average Bonchev–Trinajstić information content (AvgIpc) is 2.83. The number of nitrogens with one attached hydrogen (secondary N) is 1. The number of hydrogen-bond acceptors (Lipinski definition) is 3. The highest BCUT2D eigenvalue weighted by Gasteiger charge is 2.32. The summed E-state index contributed by atoms with van der Waals surface area (Å²) in [6, 6.07) is 5.04. The third-order valence-electron chi connectivity index (χ3n) is 3.05. The lowest BCUT2D eigenvalue weighted by molar-refractivity contribution is -0.117. The Bertz CT molecular complexity index is 525. The number of carbonyl (C=O) groups is 1. The smallest absolute Gasteiger partial charge is 0.244 e. The van der Waals surface area contributed by atoms with E-state index in [0.29, 0.717) is 28.6 Å². The Morgan fingerprint density at radius 1 is 1.50 bits per heavy atom. The first-order valence-electron chi connectivity index (χ1n) is 6.20. The van der Waals surface area contributed by atoms with Crippen LogP contribution in [-0.4, -0.2) is 36.4 Å². The van der Waals surface area contributed by atoms with Crippen molar-refractivity contribution in [2.75, 3.05) is 19.8 Å². The maximum atomic E-state index is 11.7. The van der Waals surface area contributed by atoms with Crippen LogP contribution < -0.4 is 5.32 Å². The van der Waals surface area contributed by atoms with Gasteiger partial charge in [-0.2, -0.15) is 0 Å². The molecule has 4 nitrogen and oxygen atoms in total. The predicted octanol–water partition coefficient (Wildman–Crippen LogP) is 2.27. The average molecular weight is 316 g/mol. The van der Waals surface area contributed by atoms with Gasteiger partial charge in [0.2, 0.25) is 5.91 Å². The van der Waals surface area contributed by atoms with Crippen LogP contribution >= 0.6 is 23.2 Å². The van der Waals surface area contributed by atoms with Gasteiger partial charge in [-0.1, -0.05) is 29.3 Å². The molecular formula is C14H15Cl2NO3. The van der Waals surface area contributed by atoms with Crippen LogP contribution in [0.5, 0.6) is 0 Å². The first-order chi connectivity index (χ1) is 9.48. The maximum absolute atomic E-state index is 11.7. The van der Waals surface area contributed by atoms with Crippen LogP contribution in [0.1, 0.15) is 12.0 Å². The van der Waals surface area contributed by atoms with Crippen molar-refractivity contribution in [2.45, 2.75) is 12.0 Å². The third-order valence-corrected chi connectivity index (χ3v) is 3.61. The zero-order valence-electron chi connectivity index (χ0n) is 10.7. The minimum absolute atomic E-state index is 0.171. The van der Waals surface area contributed by atoms with Gasteiger partial charge in [-0.15, -0.1) is 0 Å². The van der Waals surface area contributed by atoms with E-state index in [2.05, 4.69) is 5.32 Å². The molecule has 0 saturated carbocycles. The number of rotatable bonds is 4. The Morgan fingerprint density at radius 3 is 2.95 bits per heavy atom. The zero-order chi connectivity index (χ0) is 14.6. The van der Waals surface area contributed by atoms with Gasteiger partial charge in [0.25, 0.3) is 0 Å². The minimum Gasteiger partial charge on any atom is -0.386 e. The Kier molecular flexibility index (Phi) is 5.05. The summed E-state index contributed by atoms with van der Waals surface area (Å²) in [4.78, 5) is 11.7. The fraction of sp³-hybridized carbons (Fsp3) is 0.357. The van der Waals surface area contributed by atoms with E-state index >= 15 is 0 Å². The summed E-state index contributed by atoms with van der Waals surface area (Å²) in [6.07, 6.45) is 3.50. The molecule has 0 radical (unpaired) electrons. The van der Waals surface area contributed by atoms with Gasteiger partial charge in [0.15, 0.2) is 0 Å². The Hall–Kier alpha value is -1.07. The molecule has 1 aliphatic heterocycles. The fourth-order valence-corrected chi connectivity index (χ4v) is 2.32. The van der Waals surface area contributed by atoms with Crippen molar-refractivity contribution in [3.05, 3.63) is 39.9 Å². The Balaban J connectivity index is 1.89. The molecule has 2 rings (SSSR count). The van der Waals surface area contributed by atoms with E-state index in [1.54, 1.807) is 24.3 Å². The number of benzene rings is 1. The molecule has 6 heteroatoms. The van der Waals surface area contributed by atoms with Crippen LogP contribution in [0.2, 0.25) is 10.0 Å². The second-order valence-electron chi connectivity index (χ2n) is 4.74. The van der Waals surface area contributed by atoms with Crippen LogP contribution in [0.3, 0.4) is 0 Å². The fourth-order valence-electron chi connectivity index (χ4n) is 1.85. The minimum atomic E-state index is -0.957. The van der Waals surface area contributed by atoms with E-state index in [9.17, 15) is 9.90 Å². The maximum Gasteiger partial charge on any atom is 0.244 e. The quantitative estimate of drug-likeness (QED) is 0.838. The molecule has 0 aliphatic carbocycles. The number of ether oxygens (including phenoxy) is 1. The molecule has 1 amide bonds. The van der Waals surface area contributed by atoms with Crippen LogP contribution in [0.25, 0.3) is 6.08 Å². The number of amides is 1. The number of hydrogen-bond donors (Lipinski definition) is 2. The molecule has 2 N–H and O–H groups in total. The molecular weight excluding hydrogens is 301 g/mol. The third kappa shape index (κ3) is 4.21. The van der Waals surface area contributed by atoms with E-state index in [-0.39, 0.29) is 19.1 Å². The molecule has 20 heavy (non-hydrogen) atoms. The Morgan fingerprint density at radius 2 is 2.30 bits per heavy atom. The lowest BCUT2D eigenvalue weighted by Crippen LogP contribution is -2.42. The van der Waals surface area contributed by atoms with Gasteiger partial charge >= 0.3 is 0 Å². The largest absolute Gasteiger partial charge is 0.386 e. The van der Waals surface area contributed by atoms with E-state index in [1.807, 2.05) is 0 Å². The highest BCUT2D eigenvalue weighted by atomic mass is 35.5. The van der Waals surface area contributed by atoms with Gasteiger partial charge in [0, 0.05) is 35.7 Å². The molecule has 1 heterocycles. The predicted molar refractivity (Wildman–Crippen MR) is 78.9 cm³/mol. The van der Waals surface area contributed by atoms with E-state index in [0.717, 1.165) is 0 Å². The van der Waals surface area contributed by atoms with Crippen molar-refractivity contribution >= 4 is 35.2 Å². The summed E-state index contributed by atoms with van der Waals surface area (Å²) in [7, 11) is 0. The van der Waals surface area contributed by atoms with Crippen molar-refractivity contribution < 1.29 is 14.6 Å². The SMILES string of the molecule is O=C(/C=C/c1ccc(Cl)cc1Cl)NCC1(O)CCOC1. The molecule has 0 spiro atoms. The molecule has 1 aromatic carbocycles. The molecule has 108 valence electrons. The number of halogens is 2. The van der Waals surface area contributed by atoms with Gasteiger partial charge < -0.3 is 15.2 Å². The van der Waals surface area contributed by atoms with Crippen molar-refractivity contribution in [1.29, 1.82) is 0 Å². The number of carbonyl (C=O) groups excluding carboxylic acids is 1. The van der Waals surface area contributed by atoms with Crippen molar-refractivity contribution in [3.63, 3.8) is 0 Å². The second kappa shape index (κ2) is 6.59. The van der Waals surface area contributed by atoms with Crippen LogP contribution in [-0.2, 0) is 9.53 Å². The summed E-state index contributed by atoms with van der Waals surface area (Å²) in [5.74, 6) is -0.295. The lowest BCUT2D eigenvalue weighted by atomic mass is 10.0. The summed E-state index contributed by atoms with van der Waals surface area (Å²) in [6.45, 7) is 0.938. The summed E-state index contributed by atoms with van der Waals surface area (Å²) >= 11 is 11.8. The molecule has 1 fully saturated rings. The van der Waals surface area contributed by atoms with Gasteiger partial charge in [-0.3, -0.25) is 4.79 Å². The summed E-state index contributed by atoms with van der Waals surface area (Å²) in [5, 5.41) is 13.7. The monoisotopic (exact) mass is 315 g/mol. The molecule has 1 unspecified atom stereocenters. The standard InChI is InChI=1S/C14H15Cl2NO3/c15-11-3-1-10(12(16)7-11)2-4-13(18)17-8-14(19)5-6-20-9-14/h1-4,7,19H,5-6,8-9H2,(H,17,18)/b4-2+. The summed E-state index contributed by atoms with van der Waals surface area (Å²) < 4.78 is 5.10. The first kappa shape index (κ1) is 15.3. The second-order valence-corrected chi connectivity index (χ2v) is 5.59. The molecule has 0 aromatic heterocycles. The number of aliphatic hydroxyl groups is 1. The lowest BCUT2D eigenvalue weighted by Gasteiger charge is -2.19. The first-order valence-corrected chi connectivity index (χ1v) is 6.95. The normalized spacial score (nSPS) is 22.4. The summed E-state index contributed by atoms with van der Waals surface area (Å²) in [5.41, 5.74) is -0.254. The van der Waals surface area contributed by atoms with Gasteiger partial charge in [-0.05, 0) is 23.8 Å². The highest BCUT2D eigenvalue weighted by Crippen LogP contribution is 2.22.